The molecule has 0 saturated carbocycles. The highest BCUT2D eigenvalue weighted by atomic mass is 32.1. The van der Waals surface area contributed by atoms with Crippen LogP contribution in [-0.2, 0) is 17.6 Å². The molecular formula is C17H19N2O3S-. The highest BCUT2D eigenvalue weighted by molar-refractivity contribution is 7.10. The number of amides is 1. The lowest BCUT2D eigenvalue weighted by Crippen LogP contribution is -2.23. The second-order valence-corrected chi connectivity index (χ2v) is 6.12. The van der Waals surface area contributed by atoms with E-state index in [4.69, 9.17) is 0 Å². The molecule has 122 valence electrons. The van der Waals surface area contributed by atoms with Crippen molar-refractivity contribution in [3.05, 3.63) is 45.4 Å². The minimum absolute atomic E-state index is 0.132. The van der Waals surface area contributed by atoms with Gasteiger partial charge in [-0.15, -0.1) is 11.3 Å². The van der Waals surface area contributed by atoms with Gasteiger partial charge in [-0.1, -0.05) is 32.0 Å². The summed E-state index contributed by atoms with van der Waals surface area (Å²) < 4.78 is 0. The number of carbonyl (C=O) groups is 2. The number of aromatic carboxylic acids is 1. The van der Waals surface area contributed by atoms with Crippen LogP contribution in [0.15, 0.2) is 23.6 Å². The van der Waals surface area contributed by atoms with E-state index in [9.17, 15) is 14.7 Å². The average molecular weight is 331 g/mol. The molecular weight excluding hydrogens is 312 g/mol. The first-order chi connectivity index (χ1) is 11.0. The fraction of sp³-hybridized carbons (Fsp3) is 0.353. The Bertz CT molecular complexity index is 702. The first-order valence-electron chi connectivity index (χ1n) is 7.56. The van der Waals surface area contributed by atoms with E-state index in [2.05, 4.69) is 10.3 Å². The van der Waals surface area contributed by atoms with Crippen molar-refractivity contribution in [1.82, 2.24) is 4.98 Å². The van der Waals surface area contributed by atoms with Gasteiger partial charge in [0.2, 0.25) is 5.91 Å². The predicted octanol–water partition coefficient (Wildman–Crippen LogP) is 2.37. The summed E-state index contributed by atoms with van der Waals surface area (Å²) in [5.41, 5.74) is 2.89. The summed E-state index contributed by atoms with van der Waals surface area (Å²) in [6, 6.07) is 5.98. The summed E-state index contributed by atoms with van der Waals surface area (Å²) in [5.74, 6) is -2.05. The molecule has 0 fully saturated rings. The maximum Gasteiger partial charge on any atom is 0.234 e. The first kappa shape index (κ1) is 17.1. The third-order valence-corrected chi connectivity index (χ3v) is 4.77. The number of carboxylic acids is 1. The highest BCUT2D eigenvalue weighted by Crippen LogP contribution is 2.26. The number of aryl methyl sites for hydroxylation is 2. The van der Waals surface area contributed by atoms with Crippen LogP contribution in [0.1, 0.15) is 53.3 Å². The normalized spacial score (nSPS) is 12.0. The van der Waals surface area contributed by atoms with Gasteiger partial charge in [0.05, 0.1) is 17.6 Å². The Labute approximate surface area is 139 Å². The van der Waals surface area contributed by atoms with Crippen LogP contribution in [0.4, 0.5) is 5.69 Å². The molecule has 1 heterocycles. The fourth-order valence-corrected chi connectivity index (χ4v) is 3.17. The molecule has 1 atom stereocenters. The molecule has 2 rings (SSSR count). The van der Waals surface area contributed by atoms with E-state index in [1.54, 1.807) is 6.92 Å². The van der Waals surface area contributed by atoms with Gasteiger partial charge in [0, 0.05) is 11.1 Å². The van der Waals surface area contributed by atoms with E-state index >= 15 is 0 Å². The molecule has 1 aromatic carbocycles. The number of rotatable bonds is 6. The number of thiazole rings is 1. The van der Waals surface area contributed by atoms with Crippen molar-refractivity contribution in [1.29, 1.82) is 0 Å². The van der Waals surface area contributed by atoms with Crippen LogP contribution in [0.25, 0.3) is 0 Å². The van der Waals surface area contributed by atoms with E-state index in [0.717, 1.165) is 41.0 Å². The number of carboxylic acid groups (broad SMARTS) is 1. The third kappa shape index (κ3) is 3.76. The van der Waals surface area contributed by atoms with Crippen LogP contribution in [0, 0.1) is 0 Å². The van der Waals surface area contributed by atoms with Crippen LogP contribution in [0.5, 0.6) is 0 Å². The van der Waals surface area contributed by atoms with Crippen LogP contribution >= 0.6 is 11.3 Å². The predicted molar refractivity (Wildman–Crippen MR) is 88.7 cm³/mol. The number of nitrogens with zero attached hydrogens (tertiary/aromatic N) is 1. The summed E-state index contributed by atoms with van der Waals surface area (Å²) in [6.45, 7) is 5.80. The summed E-state index contributed by atoms with van der Waals surface area (Å²) in [6.07, 6.45) is 1.65. The summed E-state index contributed by atoms with van der Waals surface area (Å²) >= 11 is 1.15. The molecule has 0 radical (unpaired) electrons. The van der Waals surface area contributed by atoms with E-state index in [1.807, 2.05) is 32.0 Å². The van der Waals surface area contributed by atoms with E-state index in [0.29, 0.717) is 5.01 Å². The van der Waals surface area contributed by atoms with Gasteiger partial charge in [-0.2, -0.15) is 0 Å². The molecule has 5 nitrogen and oxygen atoms in total. The van der Waals surface area contributed by atoms with Crippen molar-refractivity contribution in [3.8, 4) is 0 Å². The number of aromatic nitrogens is 1. The number of hydrogen-bond acceptors (Lipinski definition) is 5. The zero-order chi connectivity index (χ0) is 17.0. The summed E-state index contributed by atoms with van der Waals surface area (Å²) in [7, 11) is 0. The molecule has 0 spiro atoms. The van der Waals surface area contributed by atoms with E-state index < -0.39 is 11.9 Å². The SMILES string of the molecule is CCc1cccc(CC)c1NC(=O)[C@H](C)c1nc(C(=O)[O-])cs1. The highest BCUT2D eigenvalue weighted by Gasteiger charge is 2.21. The van der Waals surface area contributed by atoms with Crippen LogP contribution < -0.4 is 10.4 Å². The van der Waals surface area contributed by atoms with Gasteiger partial charge in [0.1, 0.15) is 5.01 Å². The summed E-state index contributed by atoms with van der Waals surface area (Å²) in [5, 5.41) is 15.6. The number of benzene rings is 1. The molecule has 2 aromatic rings. The first-order valence-corrected chi connectivity index (χ1v) is 8.44. The number of para-hydroxylation sites is 1. The zero-order valence-electron chi connectivity index (χ0n) is 13.4. The topological polar surface area (TPSA) is 82.1 Å². The van der Waals surface area contributed by atoms with Gasteiger partial charge in [-0.05, 0) is 30.9 Å². The van der Waals surface area contributed by atoms with Gasteiger partial charge < -0.3 is 15.2 Å². The quantitative estimate of drug-likeness (QED) is 0.881. The van der Waals surface area contributed by atoms with Crippen molar-refractivity contribution in [2.24, 2.45) is 0 Å². The lowest BCUT2D eigenvalue weighted by atomic mass is 10.0. The Balaban J connectivity index is 2.22. The smallest absolute Gasteiger partial charge is 0.234 e. The Morgan fingerprint density at radius 3 is 2.35 bits per heavy atom. The second kappa shape index (κ2) is 7.37. The van der Waals surface area contributed by atoms with Gasteiger partial charge in [0.15, 0.2) is 0 Å². The standard InChI is InChI=1S/C17H20N2O3S/c1-4-11-7-6-8-12(5-2)14(11)19-15(20)10(3)16-18-13(9-23-16)17(21)22/h6-10H,4-5H2,1-3H3,(H,19,20)(H,21,22)/p-1/t10-/m0/s1. The fourth-order valence-electron chi connectivity index (χ4n) is 2.33. The van der Waals surface area contributed by atoms with Crippen molar-refractivity contribution >= 4 is 28.9 Å². The van der Waals surface area contributed by atoms with E-state index in [1.165, 1.54) is 5.38 Å². The lowest BCUT2D eigenvalue weighted by Gasteiger charge is -2.16. The number of hydrogen-bond donors (Lipinski definition) is 1. The minimum atomic E-state index is -1.33. The van der Waals surface area contributed by atoms with Gasteiger partial charge in [0.25, 0.3) is 0 Å². The average Bonchev–Trinajstić information content (AvgIpc) is 3.04. The number of nitrogens with one attached hydrogen (secondary N) is 1. The molecule has 23 heavy (non-hydrogen) atoms. The van der Waals surface area contributed by atoms with Gasteiger partial charge in [-0.3, -0.25) is 4.79 Å². The molecule has 6 heteroatoms. The molecule has 0 aliphatic carbocycles. The molecule has 0 saturated heterocycles. The monoisotopic (exact) mass is 331 g/mol. The maximum absolute atomic E-state index is 12.5. The molecule has 0 unspecified atom stereocenters. The molecule has 1 amide bonds. The second-order valence-electron chi connectivity index (χ2n) is 5.23. The van der Waals surface area contributed by atoms with Crippen LogP contribution in [0.3, 0.4) is 0 Å². The van der Waals surface area contributed by atoms with E-state index in [-0.39, 0.29) is 11.6 Å². The van der Waals surface area contributed by atoms with Gasteiger partial charge >= 0.3 is 0 Å². The van der Waals surface area contributed by atoms with Crippen LogP contribution in [0.2, 0.25) is 0 Å². The Morgan fingerprint density at radius 1 is 1.26 bits per heavy atom. The molecule has 1 N–H and O–H groups in total. The lowest BCUT2D eigenvalue weighted by molar-refractivity contribution is -0.255. The summed E-state index contributed by atoms with van der Waals surface area (Å²) in [4.78, 5) is 27.3. The third-order valence-electron chi connectivity index (χ3n) is 3.74. The molecule has 1 aromatic heterocycles. The van der Waals surface area contributed by atoms with Crippen molar-refractivity contribution < 1.29 is 14.7 Å². The Hall–Kier alpha value is -2.21. The Morgan fingerprint density at radius 2 is 1.87 bits per heavy atom. The zero-order valence-corrected chi connectivity index (χ0v) is 14.2. The van der Waals surface area contributed by atoms with Crippen molar-refractivity contribution in [2.45, 2.75) is 39.5 Å². The van der Waals surface area contributed by atoms with Crippen molar-refractivity contribution in [3.63, 3.8) is 0 Å². The van der Waals surface area contributed by atoms with Crippen molar-refractivity contribution in [2.75, 3.05) is 5.32 Å². The minimum Gasteiger partial charge on any atom is -0.543 e. The molecule has 0 aliphatic rings. The maximum atomic E-state index is 12.5. The number of carbonyl (C=O) groups excluding carboxylic acids is 2. The molecule has 0 aliphatic heterocycles. The Kier molecular flexibility index (Phi) is 5.50. The number of anilines is 1. The molecule has 0 bridgehead atoms. The largest absolute Gasteiger partial charge is 0.543 e. The van der Waals surface area contributed by atoms with Gasteiger partial charge in [-0.25, -0.2) is 4.98 Å². The van der Waals surface area contributed by atoms with Crippen LogP contribution in [-0.4, -0.2) is 16.9 Å².